The van der Waals surface area contributed by atoms with Crippen LogP contribution in [0.1, 0.15) is 17.5 Å². The highest BCUT2D eigenvalue weighted by atomic mass is 32.2. The summed E-state index contributed by atoms with van der Waals surface area (Å²) in [7, 11) is 1.24. The van der Waals surface area contributed by atoms with Crippen LogP contribution in [-0.2, 0) is 32.1 Å². The van der Waals surface area contributed by atoms with E-state index in [9.17, 15) is 19.5 Å². The fraction of sp³-hybridized carbons (Fsp3) is 0.348. The van der Waals surface area contributed by atoms with Crippen molar-refractivity contribution in [2.24, 2.45) is 0 Å². The molecule has 0 saturated heterocycles. The summed E-state index contributed by atoms with van der Waals surface area (Å²) in [5.74, 6) is -0.396. The molecule has 32 heavy (non-hydrogen) atoms. The highest BCUT2D eigenvalue weighted by molar-refractivity contribution is 7.98. The van der Waals surface area contributed by atoms with Gasteiger partial charge in [0.25, 0.3) is 0 Å². The van der Waals surface area contributed by atoms with Crippen molar-refractivity contribution in [2.75, 3.05) is 19.1 Å². The molecule has 9 heteroatoms. The lowest BCUT2D eigenvalue weighted by molar-refractivity contribution is -0.145. The van der Waals surface area contributed by atoms with Crippen molar-refractivity contribution in [3.05, 3.63) is 65.7 Å². The lowest BCUT2D eigenvalue weighted by Crippen LogP contribution is -2.52. The zero-order chi connectivity index (χ0) is 23.3. The molecular formula is C23H28N2O6S. The van der Waals surface area contributed by atoms with Crippen molar-refractivity contribution in [1.82, 2.24) is 10.6 Å². The van der Waals surface area contributed by atoms with Crippen molar-refractivity contribution < 1.29 is 29.0 Å². The van der Waals surface area contributed by atoms with Gasteiger partial charge in [-0.25, -0.2) is 9.59 Å². The van der Waals surface area contributed by atoms with E-state index in [0.717, 1.165) is 11.1 Å². The fourth-order valence-electron chi connectivity index (χ4n) is 2.89. The second-order valence-electron chi connectivity index (χ2n) is 7.00. The first kappa shape index (κ1) is 25.1. The van der Waals surface area contributed by atoms with Gasteiger partial charge >= 0.3 is 12.1 Å². The standard InChI is InChI=1S/C23H28N2O6S/c1-30-22(28)20(14-16-8-10-18(26)11-9-16)24-21(27)19(12-13-32-2)25-23(29)31-15-17-6-4-3-5-7-17/h3-11,19-20,26H,12-15H2,1-2H3,(H,24,27)(H,25,29)/t19-,20+/m0/s1. The monoisotopic (exact) mass is 460 g/mol. The molecule has 0 saturated carbocycles. The zero-order valence-electron chi connectivity index (χ0n) is 18.1. The minimum Gasteiger partial charge on any atom is -0.508 e. The fourth-order valence-corrected chi connectivity index (χ4v) is 3.36. The minimum atomic E-state index is -0.948. The first-order valence-electron chi connectivity index (χ1n) is 10.0. The molecule has 0 heterocycles. The van der Waals surface area contributed by atoms with E-state index in [1.165, 1.54) is 31.0 Å². The molecule has 2 atom stereocenters. The third-order valence-electron chi connectivity index (χ3n) is 4.61. The van der Waals surface area contributed by atoms with Gasteiger partial charge in [-0.1, -0.05) is 42.5 Å². The number of ether oxygens (including phenoxy) is 2. The molecule has 2 aromatic carbocycles. The molecule has 0 aromatic heterocycles. The lowest BCUT2D eigenvalue weighted by atomic mass is 10.0. The number of methoxy groups -OCH3 is 1. The Labute approximate surface area is 191 Å². The molecule has 0 aliphatic carbocycles. The Balaban J connectivity index is 2.01. The summed E-state index contributed by atoms with van der Waals surface area (Å²) in [4.78, 5) is 37.4. The molecule has 8 nitrogen and oxygen atoms in total. The number of aromatic hydroxyl groups is 1. The number of nitrogens with one attached hydrogen (secondary N) is 2. The number of phenolic OH excluding ortho intramolecular Hbond substituents is 1. The van der Waals surface area contributed by atoms with Gasteiger partial charge in [-0.3, -0.25) is 4.79 Å². The van der Waals surface area contributed by atoms with Crippen LogP contribution in [0.3, 0.4) is 0 Å². The summed E-state index contributed by atoms with van der Waals surface area (Å²) in [5.41, 5.74) is 1.56. The molecular weight excluding hydrogens is 432 g/mol. The molecule has 2 rings (SSSR count). The number of thioether (sulfide) groups is 1. The molecule has 0 aliphatic heterocycles. The maximum Gasteiger partial charge on any atom is 0.408 e. The number of esters is 1. The van der Waals surface area contributed by atoms with E-state index in [4.69, 9.17) is 9.47 Å². The van der Waals surface area contributed by atoms with Gasteiger partial charge in [-0.15, -0.1) is 0 Å². The van der Waals surface area contributed by atoms with E-state index < -0.39 is 30.1 Å². The Morgan fingerprint density at radius 2 is 1.66 bits per heavy atom. The SMILES string of the molecule is COC(=O)[C@@H](Cc1ccc(O)cc1)NC(=O)[C@H](CCSC)NC(=O)OCc1ccccc1. The van der Waals surface area contributed by atoms with Crippen molar-refractivity contribution in [3.63, 3.8) is 0 Å². The molecule has 0 unspecified atom stereocenters. The third kappa shape index (κ3) is 8.50. The topological polar surface area (TPSA) is 114 Å². The van der Waals surface area contributed by atoms with Gasteiger partial charge in [0.2, 0.25) is 5.91 Å². The van der Waals surface area contributed by atoms with Gasteiger partial charge < -0.3 is 25.2 Å². The van der Waals surface area contributed by atoms with Crippen LogP contribution in [0.2, 0.25) is 0 Å². The largest absolute Gasteiger partial charge is 0.508 e. The van der Waals surface area contributed by atoms with Crippen LogP contribution in [0.4, 0.5) is 4.79 Å². The molecule has 172 valence electrons. The smallest absolute Gasteiger partial charge is 0.408 e. The van der Waals surface area contributed by atoms with E-state index in [1.807, 2.05) is 36.6 Å². The number of benzene rings is 2. The number of alkyl carbamates (subject to hydrolysis) is 1. The average Bonchev–Trinajstić information content (AvgIpc) is 2.81. The molecule has 0 fully saturated rings. The van der Waals surface area contributed by atoms with E-state index >= 15 is 0 Å². The van der Waals surface area contributed by atoms with Crippen LogP contribution in [-0.4, -0.2) is 54.3 Å². The van der Waals surface area contributed by atoms with Crippen LogP contribution in [0, 0.1) is 0 Å². The molecule has 2 amide bonds. The zero-order valence-corrected chi connectivity index (χ0v) is 18.9. The number of carbonyl (C=O) groups excluding carboxylic acids is 3. The van der Waals surface area contributed by atoms with Crippen LogP contribution in [0.25, 0.3) is 0 Å². The third-order valence-corrected chi connectivity index (χ3v) is 5.25. The van der Waals surface area contributed by atoms with Crippen LogP contribution in [0.15, 0.2) is 54.6 Å². The Morgan fingerprint density at radius 1 is 0.969 bits per heavy atom. The number of amides is 2. The van der Waals surface area contributed by atoms with E-state index in [0.29, 0.717) is 12.2 Å². The molecule has 0 bridgehead atoms. The first-order valence-corrected chi connectivity index (χ1v) is 11.4. The highest BCUT2D eigenvalue weighted by Crippen LogP contribution is 2.12. The van der Waals surface area contributed by atoms with Gasteiger partial charge in [0.05, 0.1) is 7.11 Å². The number of hydrogen-bond acceptors (Lipinski definition) is 7. The van der Waals surface area contributed by atoms with Gasteiger partial charge in [0.15, 0.2) is 0 Å². The predicted octanol–water partition coefficient (Wildman–Crippen LogP) is 2.64. The predicted molar refractivity (Wildman–Crippen MR) is 122 cm³/mol. The molecule has 0 spiro atoms. The second-order valence-corrected chi connectivity index (χ2v) is 7.98. The van der Waals surface area contributed by atoms with Crippen molar-refractivity contribution in [3.8, 4) is 5.75 Å². The van der Waals surface area contributed by atoms with Crippen molar-refractivity contribution in [1.29, 1.82) is 0 Å². The van der Waals surface area contributed by atoms with E-state index in [1.54, 1.807) is 12.1 Å². The van der Waals surface area contributed by atoms with Crippen LogP contribution < -0.4 is 10.6 Å². The normalized spacial score (nSPS) is 12.3. The van der Waals surface area contributed by atoms with Gasteiger partial charge in [-0.2, -0.15) is 11.8 Å². The van der Waals surface area contributed by atoms with E-state index in [2.05, 4.69) is 10.6 Å². The average molecular weight is 461 g/mol. The lowest BCUT2D eigenvalue weighted by Gasteiger charge is -2.22. The maximum absolute atomic E-state index is 12.9. The maximum atomic E-state index is 12.9. The number of hydrogen-bond donors (Lipinski definition) is 3. The number of rotatable bonds is 11. The summed E-state index contributed by atoms with van der Waals surface area (Å²) in [6.07, 6.45) is 1.71. The second kappa shape index (κ2) is 13.3. The van der Waals surface area contributed by atoms with Crippen LogP contribution >= 0.6 is 11.8 Å². The van der Waals surface area contributed by atoms with Gasteiger partial charge in [0.1, 0.15) is 24.4 Å². The molecule has 2 aromatic rings. The molecule has 3 N–H and O–H groups in total. The minimum absolute atomic E-state index is 0.0785. The number of phenols is 1. The Kier molecular flexibility index (Phi) is 10.4. The first-order chi connectivity index (χ1) is 15.4. The van der Waals surface area contributed by atoms with Gasteiger partial charge in [-0.05, 0) is 41.7 Å². The Morgan fingerprint density at radius 3 is 2.28 bits per heavy atom. The number of carbonyl (C=O) groups is 3. The highest BCUT2D eigenvalue weighted by Gasteiger charge is 2.27. The summed E-state index contributed by atoms with van der Waals surface area (Å²) >= 11 is 1.53. The van der Waals surface area contributed by atoms with E-state index in [-0.39, 0.29) is 18.8 Å². The summed E-state index contributed by atoms with van der Waals surface area (Å²) in [6.45, 7) is 0.0785. The van der Waals surface area contributed by atoms with Gasteiger partial charge in [0, 0.05) is 6.42 Å². The van der Waals surface area contributed by atoms with Crippen molar-refractivity contribution >= 4 is 29.7 Å². The summed E-state index contributed by atoms with van der Waals surface area (Å²) in [6, 6.07) is 13.7. The quantitative estimate of drug-likeness (QED) is 0.442. The molecule has 0 radical (unpaired) electrons. The van der Waals surface area contributed by atoms with Crippen molar-refractivity contribution in [2.45, 2.75) is 31.5 Å². The Bertz CT molecular complexity index is 876. The summed E-state index contributed by atoms with van der Waals surface area (Å²) < 4.78 is 10.0. The summed E-state index contributed by atoms with van der Waals surface area (Å²) in [5, 5.41) is 14.7. The Hall–Kier alpha value is -3.20. The molecule has 0 aliphatic rings. The van der Waals surface area contributed by atoms with Crippen LogP contribution in [0.5, 0.6) is 5.75 Å².